The molecule has 2 N–H and O–H groups in total. The van der Waals surface area contributed by atoms with Crippen LogP contribution in [0.1, 0.15) is 22.7 Å². The molecule has 0 heterocycles. The number of benzene rings is 3. The standard InChI is InChI=1S/C26H26N2O5S/c29-25(28-24(23-14-8-3-9-15-23)18-22-12-6-2-7-13-22)20-33-26(30)19-27-34(31,32)17-16-21-10-4-1-5-11-21/h1-17,24,27H,18-20H2,(H,28,29)/b17-16+. The number of hydrogen-bond donors (Lipinski definition) is 2. The van der Waals surface area contributed by atoms with E-state index in [4.69, 9.17) is 4.74 Å². The molecule has 3 aromatic rings. The zero-order chi connectivity index (χ0) is 24.2. The van der Waals surface area contributed by atoms with E-state index in [1.165, 1.54) is 6.08 Å². The molecular weight excluding hydrogens is 452 g/mol. The topological polar surface area (TPSA) is 102 Å². The third kappa shape index (κ3) is 8.65. The average Bonchev–Trinajstić information content (AvgIpc) is 2.86. The fraction of sp³-hybridized carbons (Fsp3) is 0.154. The van der Waals surface area contributed by atoms with Crippen LogP contribution >= 0.6 is 0 Å². The highest BCUT2D eigenvalue weighted by atomic mass is 32.2. The Morgan fingerprint density at radius 3 is 2.09 bits per heavy atom. The van der Waals surface area contributed by atoms with E-state index >= 15 is 0 Å². The Hall–Kier alpha value is -3.75. The molecule has 0 spiro atoms. The number of ether oxygens (including phenoxy) is 1. The van der Waals surface area contributed by atoms with Crippen molar-refractivity contribution < 1.29 is 22.7 Å². The van der Waals surface area contributed by atoms with E-state index in [0.29, 0.717) is 12.0 Å². The largest absolute Gasteiger partial charge is 0.455 e. The van der Waals surface area contributed by atoms with Crippen molar-refractivity contribution in [1.82, 2.24) is 10.0 Å². The van der Waals surface area contributed by atoms with Crippen LogP contribution in [0.5, 0.6) is 0 Å². The first-order valence-electron chi connectivity index (χ1n) is 10.7. The van der Waals surface area contributed by atoms with Gasteiger partial charge in [0.1, 0.15) is 6.54 Å². The molecule has 0 fully saturated rings. The first-order valence-corrected chi connectivity index (χ1v) is 12.2. The minimum atomic E-state index is -3.83. The van der Waals surface area contributed by atoms with Gasteiger partial charge in [-0.15, -0.1) is 0 Å². The predicted molar refractivity (Wildman–Crippen MR) is 131 cm³/mol. The molecule has 0 aliphatic rings. The van der Waals surface area contributed by atoms with Crippen LogP contribution in [0.4, 0.5) is 0 Å². The third-order valence-corrected chi connectivity index (χ3v) is 5.88. The maximum atomic E-state index is 12.4. The second-order valence-corrected chi connectivity index (χ2v) is 9.11. The summed E-state index contributed by atoms with van der Waals surface area (Å²) in [7, 11) is -3.83. The minimum absolute atomic E-state index is 0.309. The van der Waals surface area contributed by atoms with Gasteiger partial charge in [-0.1, -0.05) is 91.0 Å². The van der Waals surface area contributed by atoms with E-state index in [1.54, 1.807) is 24.3 Å². The molecule has 1 amide bonds. The van der Waals surface area contributed by atoms with Gasteiger partial charge in [0.2, 0.25) is 10.0 Å². The van der Waals surface area contributed by atoms with E-state index in [1.807, 2.05) is 66.7 Å². The Kier molecular flexibility index (Phi) is 9.13. The van der Waals surface area contributed by atoms with E-state index in [0.717, 1.165) is 16.5 Å². The molecule has 0 saturated carbocycles. The molecule has 0 saturated heterocycles. The number of carbonyl (C=O) groups is 2. The third-order valence-electron chi connectivity index (χ3n) is 4.84. The van der Waals surface area contributed by atoms with Crippen LogP contribution in [-0.4, -0.2) is 33.4 Å². The molecule has 0 radical (unpaired) electrons. The van der Waals surface area contributed by atoms with Crippen LogP contribution in [0.25, 0.3) is 6.08 Å². The summed E-state index contributed by atoms with van der Waals surface area (Å²) in [6, 6.07) is 27.8. The number of sulfonamides is 1. The summed E-state index contributed by atoms with van der Waals surface area (Å²) in [5.74, 6) is -1.34. The van der Waals surface area contributed by atoms with Crippen molar-refractivity contribution in [3.05, 3.63) is 113 Å². The zero-order valence-electron chi connectivity index (χ0n) is 18.5. The first kappa shape index (κ1) is 24.9. The fourth-order valence-corrected chi connectivity index (χ4v) is 3.91. The van der Waals surface area contributed by atoms with Gasteiger partial charge in [-0.3, -0.25) is 9.59 Å². The molecule has 1 unspecified atom stereocenters. The molecule has 7 nitrogen and oxygen atoms in total. The Balaban J connectivity index is 1.49. The number of rotatable bonds is 11. The van der Waals surface area contributed by atoms with Crippen molar-refractivity contribution in [2.24, 2.45) is 0 Å². The van der Waals surface area contributed by atoms with Crippen LogP contribution < -0.4 is 10.0 Å². The summed E-state index contributed by atoms with van der Waals surface area (Å²) in [5, 5.41) is 3.85. The predicted octanol–water partition coefficient (Wildman–Crippen LogP) is 3.22. The van der Waals surface area contributed by atoms with Gasteiger partial charge < -0.3 is 10.1 Å². The molecule has 3 rings (SSSR count). The Labute approximate surface area is 199 Å². The fourth-order valence-electron chi connectivity index (χ4n) is 3.16. The number of amides is 1. The second-order valence-electron chi connectivity index (χ2n) is 7.46. The van der Waals surface area contributed by atoms with Crippen molar-refractivity contribution in [2.75, 3.05) is 13.2 Å². The first-order chi connectivity index (χ1) is 16.4. The lowest BCUT2D eigenvalue weighted by molar-refractivity contribution is -0.147. The molecule has 0 aromatic heterocycles. The molecule has 3 aromatic carbocycles. The highest BCUT2D eigenvalue weighted by molar-refractivity contribution is 7.92. The van der Waals surface area contributed by atoms with E-state index in [-0.39, 0.29) is 6.04 Å². The minimum Gasteiger partial charge on any atom is -0.455 e. The van der Waals surface area contributed by atoms with Crippen molar-refractivity contribution in [3.63, 3.8) is 0 Å². The molecular formula is C26H26N2O5S. The van der Waals surface area contributed by atoms with Gasteiger partial charge in [0, 0.05) is 5.41 Å². The molecule has 0 aliphatic carbocycles. The van der Waals surface area contributed by atoms with Crippen molar-refractivity contribution >= 4 is 28.0 Å². The van der Waals surface area contributed by atoms with Crippen LogP contribution in [-0.2, 0) is 30.8 Å². The summed E-state index contributed by atoms with van der Waals surface area (Å²) in [6.45, 7) is -1.10. The van der Waals surface area contributed by atoms with Gasteiger partial charge in [-0.25, -0.2) is 13.1 Å². The van der Waals surface area contributed by atoms with Crippen LogP contribution in [0.3, 0.4) is 0 Å². The molecule has 34 heavy (non-hydrogen) atoms. The molecule has 0 bridgehead atoms. The van der Waals surface area contributed by atoms with Gasteiger partial charge in [-0.05, 0) is 29.2 Å². The van der Waals surface area contributed by atoms with Gasteiger partial charge in [-0.2, -0.15) is 0 Å². The normalized spacial score (nSPS) is 12.2. The summed E-state index contributed by atoms with van der Waals surface area (Å²) in [6.07, 6.45) is 1.98. The summed E-state index contributed by atoms with van der Waals surface area (Å²) in [5.41, 5.74) is 2.67. The van der Waals surface area contributed by atoms with E-state index in [9.17, 15) is 18.0 Å². The zero-order valence-corrected chi connectivity index (χ0v) is 19.3. The highest BCUT2D eigenvalue weighted by Crippen LogP contribution is 2.18. The number of esters is 1. The van der Waals surface area contributed by atoms with Gasteiger partial charge >= 0.3 is 5.97 Å². The van der Waals surface area contributed by atoms with Crippen molar-refractivity contribution in [1.29, 1.82) is 0 Å². The number of nitrogens with one attached hydrogen (secondary N) is 2. The lowest BCUT2D eigenvalue weighted by Crippen LogP contribution is -2.35. The summed E-state index contributed by atoms with van der Waals surface area (Å²) < 4.78 is 31.2. The van der Waals surface area contributed by atoms with Gasteiger partial charge in [0.25, 0.3) is 5.91 Å². The van der Waals surface area contributed by atoms with Gasteiger partial charge in [0.05, 0.1) is 6.04 Å². The SMILES string of the molecule is O=C(COC(=O)CNS(=O)(=O)/C=C/c1ccccc1)NC(Cc1ccccc1)c1ccccc1. The van der Waals surface area contributed by atoms with Crippen LogP contribution in [0.15, 0.2) is 96.4 Å². The van der Waals surface area contributed by atoms with Crippen molar-refractivity contribution in [3.8, 4) is 0 Å². The molecule has 8 heteroatoms. The monoisotopic (exact) mass is 478 g/mol. The number of hydrogen-bond acceptors (Lipinski definition) is 5. The highest BCUT2D eigenvalue weighted by Gasteiger charge is 2.17. The second kappa shape index (κ2) is 12.5. The smallest absolute Gasteiger partial charge is 0.321 e. The van der Waals surface area contributed by atoms with E-state index in [2.05, 4.69) is 10.0 Å². The molecule has 176 valence electrons. The number of carbonyl (C=O) groups excluding carboxylic acids is 2. The maximum absolute atomic E-state index is 12.4. The summed E-state index contributed by atoms with van der Waals surface area (Å²) in [4.78, 5) is 24.4. The Morgan fingerprint density at radius 1 is 0.853 bits per heavy atom. The quantitative estimate of drug-likeness (QED) is 0.412. The Morgan fingerprint density at radius 2 is 1.44 bits per heavy atom. The lowest BCUT2D eigenvalue weighted by Gasteiger charge is -2.19. The lowest BCUT2D eigenvalue weighted by atomic mass is 9.99. The van der Waals surface area contributed by atoms with Crippen LogP contribution in [0, 0.1) is 0 Å². The molecule has 0 aliphatic heterocycles. The van der Waals surface area contributed by atoms with E-state index < -0.39 is 35.1 Å². The van der Waals surface area contributed by atoms with Crippen molar-refractivity contribution in [2.45, 2.75) is 12.5 Å². The Bertz CT molecular complexity index is 1200. The maximum Gasteiger partial charge on any atom is 0.321 e. The van der Waals surface area contributed by atoms with Gasteiger partial charge in [0.15, 0.2) is 6.61 Å². The molecule has 1 atom stereocenters. The summed E-state index contributed by atoms with van der Waals surface area (Å²) >= 11 is 0. The van der Waals surface area contributed by atoms with Crippen LogP contribution in [0.2, 0.25) is 0 Å². The average molecular weight is 479 g/mol.